The molecule has 1 saturated heterocycles. The van der Waals surface area contributed by atoms with Gasteiger partial charge in [-0.3, -0.25) is 19.3 Å². The monoisotopic (exact) mass is 405 g/mol. The highest BCUT2D eigenvalue weighted by molar-refractivity contribution is 8.00. The molecule has 3 rings (SSSR count). The Morgan fingerprint density at radius 1 is 1.36 bits per heavy atom. The largest absolute Gasteiger partial charge is 0.477 e. The van der Waals surface area contributed by atoms with Crippen LogP contribution < -0.4 is 11.1 Å². The Bertz CT molecular complexity index is 884. The van der Waals surface area contributed by atoms with Crippen LogP contribution in [0.3, 0.4) is 0 Å². The van der Waals surface area contributed by atoms with Gasteiger partial charge in [0.05, 0.1) is 6.42 Å². The summed E-state index contributed by atoms with van der Waals surface area (Å²) < 4.78 is 4.88. The number of para-hydroxylation sites is 1. The number of nitrogens with one attached hydrogen (secondary N) is 1. The molecule has 0 spiro atoms. The highest BCUT2D eigenvalue weighted by Crippen LogP contribution is 2.40. The van der Waals surface area contributed by atoms with Crippen LogP contribution in [0.5, 0.6) is 0 Å². The summed E-state index contributed by atoms with van der Waals surface area (Å²) in [6, 6.07) is 6.12. The molecule has 2 unspecified atom stereocenters. The fourth-order valence-corrected chi connectivity index (χ4v) is 4.40. The number of ether oxygens (including phenoxy) is 1. The van der Waals surface area contributed by atoms with Crippen molar-refractivity contribution in [2.45, 2.75) is 24.8 Å². The van der Waals surface area contributed by atoms with E-state index >= 15 is 0 Å². The molecule has 28 heavy (non-hydrogen) atoms. The lowest BCUT2D eigenvalue weighted by atomic mass is 10.0. The van der Waals surface area contributed by atoms with Gasteiger partial charge in [0.15, 0.2) is 0 Å². The summed E-state index contributed by atoms with van der Waals surface area (Å²) in [4.78, 5) is 48.6. The maximum absolute atomic E-state index is 12.5. The van der Waals surface area contributed by atoms with Gasteiger partial charge >= 0.3 is 11.9 Å². The highest BCUT2D eigenvalue weighted by Gasteiger charge is 2.54. The van der Waals surface area contributed by atoms with Gasteiger partial charge < -0.3 is 20.9 Å². The number of thioether (sulfide) groups is 1. The van der Waals surface area contributed by atoms with Gasteiger partial charge in [0.25, 0.3) is 5.91 Å². The SMILES string of the molecule is CC(=O)OCC1=C(C(=O)O)N2C(=O)C(NC(=O)Cc3ccccc3N)C2SC1. The average Bonchev–Trinajstić information content (AvgIpc) is 2.65. The summed E-state index contributed by atoms with van der Waals surface area (Å²) >= 11 is 1.31. The summed E-state index contributed by atoms with van der Waals surface area (Å²) in [5.74, 6) is -2.42. The first kappa shape index (κ1) is 19.7. The summed E-state index contributed by atoms with van der Waals surface area (Å²) in [6.07, 6.45) is 0.0210. The average molecular weight is 405 g/mol. The third-order valence-corrected chi connectivity index (χ3v) is 5.76. The zero-order valence-corrected chi connectivity index (χ0v) is 15.8. The number of benzene rings is 1. The van der Waals surface area contributed by atoms with E-state index in [-0.39, 0.29) is 30.4 Å². The van der Waals surface area contributed by atoms with Crippen molar-refractivity contribution in [1.29, 1.82) is 0 Å². The molecule has 0 aromatic heterocycles. The molecule has 2 amide bonds. The Balaban J connectivity index is 1.69. The van der Waals surface area contributed by atoms with E-state index in [0.717, 1.165) is 4.90 Å². The minimum Gasteiger partial charge on any atom is -0.477 e. The lowest BCUT2D eigenvalue weighted by molar-refractivity contribution is -0.151. The molecule has 1 aromatic carbocycles. The molecular formula is C18H19N3O6S. The maximum Gasteiger partial charge on any atom is 0.352 e. The first-order chi connectivity index (χ1) is 13.3. The van der Waals surface area contributed by atoms with E-state index < -0.39 is 29.3 Å². The number of hydrogen-bond acceptors (Lipinski definition) is 7. The fraction of sp³-hybridized carbons (Fsp3) is 0.333. The highest BCUT2D eigenvalue weighted by atomic mass is 32.2. The van der Waals surface area contributed by atoms with E-state index in [9.17, 15) is 24.3 Å². The molecule has 9 nitrogen and oxygen atoms in total. The minimum atomic E-state index is -1.28. The molecule has 1 aromatic rings. The van der Waals surface area contributed by atoms with E-state index in [0.29, 0.717) is 16.8 Å². The van der Waals surface area contributed by atoms with Crippen LogP contribution >= 0.6 is 11.8 Å². The number of aliphatic carboxylic acids is 1. The van der Waals surface area contributed by atoms with Gasteiger partial charge in [0.1, 0.15) is 23.7 Å². The smallest absolute Gasteiger partial charge is 0.352 e. The Labute approximate surface area is 164 Å². The number of amides is 2. The maximum atomic E-state index is 12.5. The molecular weight excluding hydrogens is 386 g/mol. The van der Waals surface area contributed by atoms with Gasteiger partial charge in [-0.05, 0) is 11.6 Å². The number of rotatable bonds is 6. The van der Waals surface area contributed by atoms with E-state index in [4.69, 9.17) is 10.5 Å². The summed E-state index contributed by atoms with van der Waals surface area (Å²) in [5, 5.41) is 11.6. The van der Waals surface area contributed by atoms with Gasteiger partial charge in [0.2, 0.25) is 5.91 Å². The van der Waals surface area contributed by atoms with E-state index in [1.165, 1.54) is 18.7 Å². The molecule has 0 radical (unpaired) electrons. The Morgan fingerprint density at radius 2 is 2.07 bits per heavy atom. The molecule has 2 heterocycles. The van der Waals surface area contributed by atoms with Crippen molar-refractivity contribution in [3.63, 3.8) is 0 Å². The van der Waals surface area contributed by atoms with Crippen molar-refractivity contribution in [2.24, 2.45) is 0 Å². The number of carbonyl (C=O) groups is 4. The standard InChI is InChI=1S/C18H19N3O6S/c1-9(22)27-7-11-8-28-17-14(16(24)21(17)15(11)18(25)26)20-13(23)6-10-4-2-3-5-12(10)19/h2-5,14,17H,6-8,19H2,1H3,(H,20,23)(H,25,26). The number of anilines is 1. The number of carbonyl (C=O) groups excluding carboxylic acids is 3. The molecule has 4 N–H and O–H groups in total. The van der Waals surface area contributed by atoms with Crippen LogP contribution in [0.2, 0.25) is 0 Å². The predicted octanol–water partition coefficient (Wildman–Crippen LogP) is 0.113. The Morgan fingerprint density at radius 3 is 2.71 bits per heavy atom. The summed E-state index contributed by atoms with van der Waals surface area (Å²) in [7, 11) is 0. The van der Waals surface area contributed by atoms with Crippen LogP contribution in [0, 0.1) is 0 Å². The van der Waals surface area contributed by atoms with Crippen molar-refractivity contribution in [3.05, 3.63) is 41.1 Å². The van der Waals surface area contributed by atoms with Gasteiger partial charge in [-0.25, -0.2) is 4.79 Å². The van der Waals surface area contributed by atoms with Crippen LogP contribution in [0.25, 0.3) is 0 Å². The molecule has 10 heteroatoms. The van der Waals surface area contributed by atoms with E-state index in [1.807, 2.05) is 0 Å². The van der Waals surface area contributed by atoms with Gasteiger partial charge in [0, 0.05) is 23.9 Å². The number of carboxylic acids is 1. The van der Waals surface area contributed by atoms with Gasteiger partial charge in [-0.2, -0.15) is 0 Å². The van der Waals surface area contributed by atoms with Crippen molar-refractivity contribution in [1.82, 2.24) is 10.2 Å². The molecule has 2 aliphatic rings. The number of carboxylic acid groups (broad SMARTS) is 1. The van der Waals surface area contributed by atoms with E-state index in [1.54, 1.807) is 24.3 Å². The lowest BCUT2D eigenvalue weighted by Gasteiger charge is -2.49. The lowest BCUT2D eigenvalue weighted by Crippen LogP contribution is -2.70. The Kier molecular flexibility index (Phi) is 5.59. The summed E-state index contributed by atoms with van der Waals surface area (Å²) in [6.45, 7) is 1.03. The molecule has 2 aliphatic heterocycles. The summed E-state index contributed by atoms with van der Waals surface area (Å²) in [5.41, 5.74) is 7.12. The first-order valence-electron chi connectivity index (χ1n) is 8.45. The van der Waals surface area contributed by atoms with Crippen LogP contribution in [-0.2, 0) is 30.3 Å². The van der Waals surface area contributed by atoms with Crippen LogP contribution in [0.1, 0.15) is 12.5 Å². The zero-order valence-electron chi connectivity index (χ0n) is 15.0. The zero-order chi connectivity index (χ0) is 20.4. The third kappa shape index (κ3) is 3.81. The van der Waals surface area contributed by atoms with Gasteiger partial charge in [-0.1, -0.05) is 18.2 Å². The molecule has 1 fully saturated rings. The van der Waals surface area contributed by atoms with E-state index in [2.05, 4.69) is 5.32 Å². The normalized spacial score (nSPS) is 20.9. The first-order valence-corrected chi connectivity index (χ1v) is 9.50. The number of β-lactam (4-membered cyclic amide) rings is 1. The van der Waals surface area contributed by atoms with Gasteiger partial charge in [-0.15, -0.1) is 11.8 Å². The molecule has 0 saturated carbocycles. The van der Waals surface area contributed by atoms with Crippen molar-refractivity contribution >= 4 is 41.2 Å². The van der Waals surface area contributed by atoms with Crippen LogP contribution in [-0.4, -0.2) is 57.5 Å². The van der Waals surface area contributed by atoms with Crippen molar-refractivity contribution in [3.8, 4) is 0 Å². The molecule has 0 aliphatic carbocycles. The van der Waals surface area contributed by atoms with Crippen molar-refractivity contribution < 1.29 is 29.0 Å². The number of nitrogens with two attached hydrogens (primary N) is 1. The Hall–Kier alpha value is -3.01. The van der Waals surface area contributed by atoms with Crippen LogP contribution in [0.4, 0.5) is 5.69 Å². The molecule has 0 bridgehead atoms. The second kappa shape index (κ2) is 7.93. The third-order valence-electron chi connectivity index (χ3n) is 4.42. The minimum absolute atomic E-state index is 0.0210. The second-order valence-electron chi connectivity index (χ2n) is 6.37. The van der Waals surface area contributed by atoms with Crippen molar-refractivity contribution in [2.75, 3.05) is 18.1 Å². The second-order valence-corrected chi connectivity index (χ2v) is 7.47. The number of nitrogens with zero attached hydrogens (tertiary/aromatic N) is 1. The number of fused-ring (bicyclic) bond motifs is 1. The number of nitrogen functional groups attached to an aromatic ring is 1. The predicted molar refractivity (Wildman–Crippen MR) is 101 cm³/mol. The molecule has 2 atom stereocenters. The molecule has 148 valence electrons. The number of hydrogen-bond donors (Lipinski definition) is 3. The topological polar surface area (TPSA) is 139 Å². The van der Waals surface area contributed by atoms with Crippen LogP contribution in [0.15, 0.2) is 35.5 Å². The number of esters is 1. The quantitative estimate of drug-likeness (QED) is 0.344. The fourth-order valence-electron chi connectivity index (χ4n) is 3.08.